The minimum atomic E-state index is -1.38. The molecular formula is C22H21N3O8. The van der Waals surface area contributed by atoms with Gasteiger partial charge in [0.25, 0.3) is 5.91 Å². The highest BCUT2D eigenvalue weighted by atomic mass is 16.7. The summed E-state index contributed by atoms with van der Waals surface area (Å²) in [6, 6.07) is 9.87. The molecule has 0 saturated carbocycles. The molecule has 0 fully saturated rings. The molecule has 172 valence electrons. The SMILES string of the molecule is CCOc1cccc(C(=O)O)c1C(=O)On1c(=O)c(OCC(=O)NC)cc2cc(N)ccc21. The molecule has 11 heteroatoms. The highest BCUT2D eigenvalue weighted by Crippen LogP contribution is 2.24. The van der Waals surface area contributed by atoms with Gasteiger partial charge in [-0.15, -0.1) is 4.73 Å². The van der Waals surface area contributed by atoms with Gasteiger partial charge in [-0.05, 0) is 43.3 Å². The van der Waals surface area contributed by atoms with E-state index in [1.807, 2.05) is 0 Å². The average Bonchev–Trinajstić information content (AvgIpc) is 2.79. The van der Waals surface area contributed by atoms with Gasteiger partial charge in [-0.2, -0.15) is 0 Å². The van der Waals surface area contributed by atoms with Crippen LogP contribution in [0.15, 0.2) is 47.3 Å². The van der Waals surface area contributed by atoms with E-state index in [9.17, 15) is 24.3 Å². The maximum Gasteiger partial charge on any atom is 0.368 e. The highest BCUT2D eigenvalue weighted by molar-refractivity contribution is 6.04. The number of anilines is 1. The van der Waals surface area contributed by atoms with Gasteiger partial charge in [-0.25, -0.2) is 9.59 Å². The Hall–Kier alpha value is -4.54. The first-order chi connectivity index (χ1) is 15.8. The van der Waals surface area contributed by atoms with Gasteiger partial charge in [-0.3, -0.25) is 9.59 Å². The monoisotopic (exact) mass is 455 g/mol. The molecule has 0 aliphatic carbocycles. The Kier molecular flexibility index (Phi) is 6.82. The lowest BCUT2D eigenvalue weighted by Gasteiger charge is -2.15. The van der Waals surface area contributed by atoms with E-state index < -0.39 is 30.0 Å². The molecule has 4 N–H and O–H groups in total. The summed E-state index contributed by atoms with van der Waals surface area (Å²) in [5, 5.41) is 12.3. The number of nitrogens with one attached hydrogen (secondary N) is 1. The van der Waals surface area contributed by atoms with E-state index in [-0.39, 0.29) is 34.7 Å². The molecule has 3 aromatic rings. The van der Waals surface area contributed by atoms with Crippen LogP contribution >= 0.6 is 0 Å². The third kappa shape index (κ3) is 4.87. The first-order valence-corrected chi connectivity index (χ1v) is 9.77. The lowest BCUT2D eigenvalue weighted by Crippen LogP contribution is -2.34. The number of nitrogens with zero attached hydrogens (tertiary/aromatic N) is 1. The van der Waals surface area contributed by atoms with Gasteiger partial charge in [-0.1, -0.05) is 6.07 Å². The largest absolute Gasteiger partial charge is 0.493 e. The van der Waals surface area contributed by atoms with Crippen molar-refractivity contribution < 1.29 is 33.8 Å². The molecule has 1 aromatic heterocycles. The number of pyridine rings is 1. The van der Waals surface area contributed by atoms with Crippen LogP contribution in [0.1, 0.15) is 27.6 Å². The van der Waals surface area contributed by atoms with Gasteiger partial charge in [0, 0.05) is 18.1 Å². The summed E-state index contributed by atoms with van der Waals surface area (Å²) in [5.41, 5.74) is 4.75. The Balaban J connectivity index is 2.13. The molecule has 0 radical (unpaired) electrons. The van der Waals surface area contributed by atoms with E-state index in [4.69, 9.17) is 20.0 Å². The van der Waals surface area contributed by atoms with Crippen molar-refractivity contribution >= 4 is 34.4 Å². The standard InChI is InChI=1S/C22H21N3O8/c1-3-31-16-6-4-5-14(21(28)29)19(16)22(30)33-25-15-8-7-13(23)9-12(15)10-17(20(25)27)32-11-18(26)24-2/h4-10H,3,11,23H2,1-2H3,(H,24,26)(H,28,29). The molecule has 33 heavy (non-hydrogen) atoms. The highest BCUT2D eigenvalue weighted by Gasteiger charge is 2.25. The summed E-state index contributed by atoms with van der Waals surface area (Å²) in [6.07, 6.45) is 0. The second kappa shape index (κ2) is 9.73. The Bertz CT molecular complexity index is 1300. The number of ether oxygens (including phenoxy) is 2. The van der Waals surface area contributed by atoms with Crippen LogP contribution in [0, 0.1) is 0 Å². The summed E-state index contributed by atoms with van der Waals surface area (Å²) in [5.74, 6) is -3.30. The number of likely N-dealkylation sites (N-methyl/N-ethyl adjacent to an activating group) is 1. The predicted octanol–water partition coefficient (Wildman–Crippen LogP) is 1.07. The van der Waals surface area contributed by atoms with E-state index in [0.29, 0.717) is 15.8 Å². The molecule has 1 amide bonds. The van der Waals surface area contributed by atoms with Crippen LogP contribution in [-0.4, -0.2) is 47.9 Å². The predicted molar refractivity (Wildman–Crippen MR) is 118 cm³/mol. The Morgan fingerprint density at radius 3 is 2.52 bits per heavy atom. The van der Waals surface area contributed by atoms with Gasteiger partial charge < -0.3 is 30.5 Å². The summed E-state index contributed by atoms with van der Waals surface area (Å²) in [4.78, 5) is 54.6. The van der Waals surface area contributed by atoms with Gasteiger partial charge >= 0.3 is 17.5 Å². The third-order valence-electron chi connectivity index (χ3n) is 4.52. The summed E-state index contributed by atoms with van der Waals surface area (Å²) >= 11 is 0. The normalized spacial score (nSPS) is 10.5. The maximum atomic E-state index is 13.1. The number of aromatic carboxylic acids is 1. The smallest absolute Gasteiger partial charge is 0.368 e. The van der Waals surface area contributed by atoms with Gasteiger partial charge in [0.05, 0.1) is 17.7 Å². The fraction of sp³-hybridized carbons (Fsp3) is 0.182. The van der Waals surface area contributed by atoms with E-state index in [0.717, 1.165) is 0 Å². The van der Waals surface area contributed by atoms with Crippen LogP contribution in [0.25, 0.3) is 10.9 Å². The number of fused-ring (bicyclic) bond motifs is 1. The lowest BCUT2D eigenvalue weighted by molar-refractivity contribution is -0.122. The Morgan fingerprint density at radius 1 is 1.09 bits per heavy atom. The van der Waals surface area contributed by atoms with Crippen molar-refractivity contribution in [2.45, 2.75) is 6.92 Å². The zero-order valence-electron chi connectivity index (χ0n) is 17.8. The van der Waals surface area contributed by atoms with Gasteiger partial charge in [0.2, 0.25) is 0 Å². The van der Waals surface area contributed by atoms with E-state index in [1.54, 1.807) is 6.92 Å². The number of nitrogen functional groups attached to an aromatic ring is 1. The number of carbonyl (C=O) groups is 3. The lowest BCUT2D eigenvalue weighted by atomic mass is 10.1. The van der Waals surface area contributed by atoms with Crippen molar-refractivity contribution in [3.63, 3.8) is 0 Å². The molecular weight excluding hydrogens is 434 g/mol. The van der Waals surface area contributed by atoms with Gasteiger partial charge in [0.1, 0.15) is 11.3 Å². The van der Waals surface area contributed by atoms with Crippen LogP contribution < -0.4 is 30.9 Å². The fourth-order valence-electron chi connectivity index (χ4n) is 3.02. The minimum Gasteiger partial charge on any atom is -0.493 e. The van der Waals surface area contributed by atoms with E-state index in [2.05, 4.69) is 5.32 Å². The number of hydrogen-bond donors (Lipinski definition) is 3. The molecule has 2 aromatic carbocycles. The topological polar surface area (TPSA) is 159 Å². The number of nitrogens with two attached hydrogens (primary N) is 1. The number of hydrogen-bond acceptors (Lipinski definition) is 8. The number of carboxylic acids is 1. The van der Waals surface area contributed by atoms with Crippen molar-refractivity contribution in [1.29, 1.82) is 0 Å². The third-order valence-corrected chi connectivity index (χ3v) is 4.52. The van der Waals surface area contributed by atoms with Crippen LogP contribution in [0.2, 0.25) is 0 Å². The second-order valence-corrected chi connectivity index (χ2v) is 6.68. The first kappa shape index (κ1) is 23.1. The summed E-state index contributed by atoms with van der Waals surface area (Å²) in [6.45, 7) is 1.37. The number of aromatic nitrogens is 1. The van der Waals surface area contributed by atoms with E-state index in [1.165, 1.54) is 49.5 Å². The molecule has 0 bridgehead atoms. The molecule has 0 saturated heterocycles. The van der Waals surface area contributed by atoms with Crippen molar-refractivity contribution in [1.82, 2.24) is 10.0 Å². The number of carboxylic acid groups (broad SMARTS) is 1. The molecule has 0 aliphatic rings. The Labute approximate surface area is 187 Å². The van der Waals surface area contributed by atoms with Crippen molar-refractivity contribution in [2.24, 2.45) is 0 Å². The van der Waals surface area contributed by atoms with Crippen LogP contribution in [0.4, 0.5) is 5.69 Å². The minimum absolute atomic E-state index is 0.0176. The number of amides is 1. The molecule has 1 heterocycles. The fourth-order valence-corrected chi connectivity index (χ4v) is 3.02. The summed E-state index contributed by atoms with van der Waals surface area (Å²) in [7, 11) is 1.41. The zero-order valence-corrected chi connectivity index (χ0v) is 17.8. The van der Waals surface area contributed by atoms with Crippen molar-refractivity contribution in [2.75, 3.05) is 26.0 Å². The number of carbonyl (C=O) groups excluding carboxylic acids is 2. The van der Waals surface area contributed by atoms with Gasteiger partial charge in [0.15, 0.2) is 12.4 Å². The van der Waals surface area contributed by atoms with Crippen LogP contribution in [0.3, 0.4) is 0 Å². The first-order valence-electron chi connectivity index (χ1n) is 9.77. The Morgan fingerprint density at radius 2 is 1.85 bits per heavy atom. The quantitative estimate of drug-likeness (QED) is 0.422. The zero-order chi connectivity index (χ0) is 24.1. The molecule has 0 unspecified atom stereocenters. The molecule has 0 spiro atoms. The number of rotatable bonds is 8. The second-order valence-electron chi connectivity index (χ2n) is 6.68. The maximum absolute atomic E-state index is 13.1. The molecule has 3 rings (SSSR count). The van der Waals surface area contributed by atoms with Crippen molar-refractivity contribution in [3.05, 3.63) is 63.9 Å². The average molecular weight is 455 g/mol. The molecule has 0 aliphatic heterocycles. The number of benzene rings is 2. The molecule has 11 nitrogen and oxygen atoms in total. The van der Waals surface area contributed by atoms with Crippen LogP contribution in [-0.2, 0) is 4.79 Å². The molecule has 0 atom stereocenters. The van der Waals surface area contributed by atoms with Crippen molar-refractivity contribution in [3.8, 4) is 11.5 Å². The van der Waals surface area contributed by atoms with E-state index >= 15 is 0 Å². The van der Waals surface area contributed by atoms with Crippen LogP contribution in [0.5, 0.6) is 11.5 Å². The summed E-state index contributed by atoms with van der Waals surface area (Å²) < 4.78 is 11.3.